The van der Waals surface area contributed by atoms with Crippen molar-refractivity contribution in [1.29, 1.82) is 0 Å². The van der Waals surface area contributed by atoms with Crippen molar-refractivity contribution in [3.63, 3.8) is 0 Å². The Kier molecular flexibility index (Phi) is 5.14. The van der Waals surface area contributed by atoms with E-state index < -0.39 is 0 Å². The normalized spacial score (nSPS) is 17.9. The van der Waals surface area contributed by atoms with Crippen molar-refractivity contribution < 1.29 is 4.74 Å². The summed E-state index contributed by atoms with van der Waals surface area (Å²) in [6.45, 7) is 2.79. The van der Waals surface area contributed by atoms with E-state index in [1.807, 2.05) is 11.9 Å². The fourth-order valence-corrected chi connectivity index (χ4v) is 1.71. The molecule has 82 valence electrons. The Labute approximate surface area is 90.7 Å². The molecule has 14 heavy (non-hydrogen) atoms. The van der Waals surface area contributed by atoms with Gasteiger partial charge in [0.2, 0.25) is 0 Å². The number of nitrogens with one attached hydrogen (secondary N) is 1. The molecule has 0 aliphatic carbocycles. The van der Waals surface area contributed by atoms with Gasteiger partial charge in [-0.3, -0.25) is 0 Å². The summed E-state index contributed by atoms with van der Waals surface area (Å²) < 4.78 is 5.30. The van der Waals surface area contributed by atoms with Crippen LogP contribution in [0.5, 0.6) is 0 Å². The lowest BCUT2D eigenvalue weighted by molar-refractivity contribution is 0.0626. The molecule has 0 aromatic heterocycles. The van der Waals surface area contributed by atoms with E-state index >= 15 is 0 Å². The van der Waals surface area contributed by atoms with Crippen molar-refractivity contribution in [3.05, 3.63) is 0 Å². The molecule has 3 N–H and O–H groups in total. The van der Waals surface area contributed by atoms with Crippen LogP contribution in [0.25, 0.3) is 0 Å². The monoisotopic (exact) mass is 217 g/mol. The SMILES string of the molecule is CN(CCC1CCOCC1)C(=S)NN. The molecule has 1 aliphatic heterocycles. The maximum atomic E-state index is 5.30. The van der Waals surface area contributed by atoms with Crippen LogP contribution in [0.4, 0.5) is 0 Å². The molecule has 0 amide bonds. The van der Waals surface area contributed by atoms with Crippen LogP contribution in [-0.4, -0.2) is 36.8 Å². The number of hydrogen-bond donors (Lipinski definition) is 2. The topological polar surface area (TPSA) is 50.5 Å². The number of hydrogen-bond acceptors (Lipinski definition) is 3. The highest BCUT2D eigenvalue weighted by Gasteiger charge is 2.14. The molecule has 0 aromatic carbocycles. The summed E-state index contributed by atoms with van der Waals surface area (Å²) >= 11 is 5.01. The van der Waals surface area contributed by atoms with Crippen LogP contribution in [-0.2, 0) is 4.74 Å². The molecule has 5 heteroatoms. The van der Waals surface area contributed by atoms with Crippen molar-refractivity contribution in [1.82, 2.24) is 10.3 Å². The lowest BCUT2D eigenvalue weighted by atomic mass is 9.96. The summed E-state index contributed by atoms with van der Waals surface area (Å²) in [4.78, 5) is 1.98. The Morgan fingerprint density at radius 1 is 1.57 bits per heavy atom. The van der Waals surface area contributed by atoms with E-state index in [0.29, 0.717) is 5.11 Å². The van der Waals surface area contributed by atoms with Crippen LogP contribution >= 0.6 is 12.2 Å². The molecule has 0 atom stereocenters. The van der Waals surface area contributed by atoms with Gasteiger partial charge in [-0.25, -0.2) is 5.84 Å². The van der Waals surface area contributed by atoms with Crippen molar-refractivity contribution >= 4 is 17.3 Å². The maximum Gasteiger partial charge on any atom is 0.182 e. The summed E-state index contributed by atoms with van der Waals surface area (Å²) in [7, 11) is 1.96. The van der Waals surface area contributed by atoms with Gasteiger partial charge >= 0.3 is 0 Å². The molecule has 0 unspecified atom stereocenters. The zero-order valence-corrected chi connectivity index (χ0v) is 9.48. The van der Waals surface area contributed by atoms with Crippen LogP contribution in [0.2, 0.25) is 0 Å². The fraction of sp³-hybridized carbons (Fsp3) is 0.889. The van der Waals surface area contributed by atoms with E-state index in [9.17, 15) is 0 Å². The smallest absolute Gasteiger partial charge is 0.182 e. The lowest BCUT2D eigenvalue weighted by Gasteiger charge is -2.25. The van der Waals surface area contributed by atoms with Crippen LogP contribution < -0.4 is 11.3 Å². The Bertz CT molecular complexity index is 183. The molecule has 0 aromatic rings. The van der Waals surface area contributed by atoms with Gasteiger partial charge in [-0.1, -0.05) is 0 Å². The van der Waals surface area contributed by atoms with Crippen LogP contribution in [0.3, 0.4) is 0 Å². The molecule has 0 radical (unpaired) electrons. The second kappa shape index (κ2) is 6.16. The highest BCUT2D eigenvalue weighted by molar-refractivity contribution is 7.80. The van der Waals surface area contributed by atoms with Gasteiger partial charge in [0.15, 0.2) is 5.11 Å². The van der Waals surface area contributed by atoms with Crippen molar-refractivity contribution in [3.8, 4) is 0 Å². The van der Waals surface area contributed by atoms with Gasteiger partial charge in [-0.15, -0.1) is 0 Å². The lowest BCUT2D eigenvalue weighted by Crippen LogP contribution is -2.41. The van der Waals surface area contributed by atoms with Crippen molar-refractivity contribution in [2.24, 2.45) is 11.8 Å². The van der Waals surface area contributed by atoms with E-state index in [4.69, 9.17) is 22.8 Å². The van der Waals surface area contributed by atoms with E-state index in [1.165, 1.54) is 19.3 Å². The number of ether oxygens (including phenoxy) is 1. The van der Waals surface area contributed by atoms with Gasteiger partial charge < -0.3 is 15.1 Å². The second-order valence-electron chi connectivity index (χ2n) is 3.72. The molecule has 1 fully saturated rings. The number of rotatable bonds is 3. The number of thiocarbonyl (C=S) groups is 1. The molecule has 4 nitrogen and oxygen atoms in total. The van der Waals surface area contributed by atoms with Crippen LogP contribution in [0, 0.1) is 5.92 Å². The highest BCUT2D eigenvalue weighted by Crippen LogP contribution is 2.18. The molecule has 1 heterocycles. The minimum absolute atomic E-state index is 0.608. The largest absolute Gasteiger partial charge is 0.381 e. The van der Waals surface area contributed by atoms with Crippen LogP contribution in [0.15, 0.2) is 0 Å². The molecular weight excluding hydrogens is 198 g/mol. The summed E-state index contributed by atoms with van der Waals surface area (Å²) in [6, 6.07) is 0. The van der Waals surface area contributed by atoms with E-state index in [-0.39, 0.29) is 0 Å². The van der Waals surface area contributed by atoms with Gasteiger partial charge in [0.25, 0.3) is 0 Å². The van der Waals surface area contributed by atoms with Crippen LogP contribution in [0.1, 0.15) is 19.3 Å². The molecule has 0 spiro atoms. The van der Waals surface area contributed by atoms with Gasteiger partial charge in [0.1, 0.15) is 0 Å². The third-order valence-corrected chi connectivity index (χ3v) is 3.11. The standard InChI is InChI=1S/C9H19N3OS/c1-12(9(14)11-10)5-2-8-3-6-13-7-4-8/h8H,2-7,10H2,1H3,(H,11,14). The Balaban J connectivity index is 2.15. The van der Waals surface area contributed by atoms with E-state index in [0.717, 1.165) is 25.7 Å². The summed E-state index contributed by atoms with van der Waals surface area (Å²) in [5.74, 6) is 6.01. The third kappa shape index (κ3) is 3.77. The first kappa shape index (κ1) is 11.7. The Morgan fingerprint density at radius 3 is 2.79 bits per heavy atom. The first-order valence-electron chi connectivity index (χ1n) is 5.03. The van der Waals surface area contributed by atoms with E-state index in [2.05, 4.69) is 5.43 Å². The van der Waals surface area contributed by atoms with Gasteiger partial charge in [0, 0.05) is 26.8 Å². The van der Waals surface area contributed by atoms with Crippen molar-refractivity contribution in [2.75, 3.05) is 26.8 Å². The quantitative estimate of drug-likeness (QED) is 0.409. The van der Waals surface area contributed by atoms with Gasteiger partial charge in [-0.05, 0) is 37.4 Å². The molecule has 1 saturated heterocycles. The minimum atomic E-state index is 0.608. The Morgan fingerprint density at radius 2 is 2.21 bits per heavy atom. The first-order valence-corrected chi connectivity index (χ1v) is 5.44. The maximum absolute atomic E-state index is 5.30. The third-order valence-electron chi connectivity index (χ3n) is 2.68. The zero-order chi connectivity index (χ0) is 10.4. The highest BCUT2D eigenvalue weighted by atomic mass is 32.1. The predicted molar refractivity (Wildman–Crippen MR) is 60.7 cm³/mol. The summed E-state index contributed by atoms with van der Waals surface area (Å²) in [6.07, 6.45) is 3.52. The Hall–Kier alpha value is -0.390. The van der Waals surface area contributed by atoms with E-state index in [1.54, 1.807) is 0 Å². The van der Waals surface area contributed by atoms with Crippen molar-refractivity contribution in [2.45, 2.75) is 19.3 Å². The van der Waals surface area contributed by atoms with Gasteiger partial charge in [0.05, 0.1) is 0 Å². The number of hydrazine groups is 1. The molecule has 0 saturated carbocycles. The second-order valence-corrected chi connectivity index (χ2v) is 4.10. The fourth-order valence-electron chi connectivity index (χ4n) is 1.62. The molecular formula is C9H19N3OS. The summed E-state index contributed by atoms with van der Waals surface area (Å²) in [5, 5.41) is 0.608. The average Bonchev–Trinajstić information content (AvgIpc) is 2.26. The number of nitrogens with two attached hydrogens (primary N) is 1. The van der Waals surface area contributed by atoms with Gasteiger partial charge in [-0.2, -0.15) is 0 Å². The molecule has 1 rings (SSSR count). The predicted octanol–water partition coefficient (Wildman–Crippen LogP) is 0.483. The zero-order valence-electron chi connectivity index (χ0n) is 8.66. The first-order chi connectivity index (χ1) is 6.74. The average molecular weight is 217 g/mol. The molecule has 1 aliphatic rings. The number of nitrogens with zero attached hydrogens (tertiary/aromatic N) is 1. The molecule has 0 bridgehead atoms. The summed E-state index contributed by atoms with van der Waals surface area (Å²) in [5.41, 5.74) is 2.49. The minimum Gasteiger partial charge on any atom is -0.381 e.